The summed E-state index contributed by atoms with van der Waals surface area (Å²) in [6, 6.07) is 6.31. The van der Waals surface area contributed by atoms with Crippen LogP contribution in [0.3, 0.4) is 0 Å². The molecule has 0 aromatic heterocycles. The second kappa shape index (κ2) is 4.03. The lowest BCUT2D eigenvalue weighted by atomic mass is 9.90. The van der Waals surface area contributed by atoms with Crippen LogP contribution in [0.1, 0.15) is 37.4 Å². The normalized spacial score (nSPS) is 22.3. The standard InChI is InChI=1S/C12H17NO.ClH/c1-8-4-5-11-9(6-8)10(13)7-12(2,3)14-11;/h4-6,10H,7,13H2,1-3H3;1H. The first-order valence-corrected chi connectivity index (χ1v) is 5.03. The second-order valence-electron chi connectivity index (χ2n) is 4.71. The fraction of sp³-hybridized carbons (Fsp3) is 0.500. The predicted molar refractivity (Wildman–Crippen MR) is 64.7 cm³/mol. The van der Waals surface area contributed by atoms with E-state index in [0.29, 0.717) is 0 Å². The summed E-state index contributed by atoms with van der Waals surface area (Å²) in [5.41, 5.74) is 8.35. The summed E-state index contributed by atoms with van der Waals surface area (Å²) in [7, 11) is 0. The van der Waals surface area contributed by atoms with Crippen molar-refractivity contribution in [2.24, 2.45) is 5.73 Å². The lowest BCUT2D eigenvalue weighted by Gasteiger charge is -2.36. The monoisotopic (exact) mass is 227 g/mol. The lowest BCUT2D eigenvalue weighted by molar-refractivity contribution is 0.0728. The van der Waals surface area contributed by atoms with Gasteiger partial charge in [0.15, 0.2) is 0 Å². The zero-order valence-corrected chi connectivity index (χ0v) is 10.2. The van der Waals surface area contributed by atoms with Crippen molar-refractivity contribution in [2.45, 2.75) is 38.8 Å². The highest BCUT2D eigenvalue weighted by molar-refractivity contribution is 5.85. The molecule has 2 nitrogen and oxygen atoms in total. The smallest absolute Gasteiger partial charge is 0.124 e. The topological polar surface area (TPSA) is 35.2 Å². The van der Waals surface area contributed by atoms with Crippen molar-refractivity contribution in [3.05, 3.63) is 29.3 Å². The molecule has 84 valence electrons. The zero-order chi connectivity index (χ0) is 10.3. The SMILES string of the molecule is Cc1ccc2c(c1)C(N)CC(C)(C)O2.Cl. The van der Waals surface area contributed by atoms with Crippen LogP contribution in [0.15, 0.2) is 18.2 Å². The minimum absolute atomic E-state index is 0. The molecule has 2 rings (SSSR count). The highest BCUT2D eigenvalue weighted by Gasteiger charge is 2.31. The fourth-order valence-corrected chi connectivity index (χ4v) is 2.03. The predicted octanol–water partition coefficient (Wildman–Crippen LogP) is 2.98. The summed E-state index contributed by atoms with van der Waals surface area (Å²) < 4.78 is 5.86. The van der Waals surface area contributed by atoms with Crippen molar-refractivity contribution in [3.8, 4) is 5.75 Å². The Hall–Kier alpha value is -0.730. The fourth-order valence-electron chi connectivity index (χ4n) is 2.03. The third kappa shape index (κ3) is 2.44. The number of halogens is 1. The van der Waals surface area contributed by atoms with Gasteiger partial charge < -0.3 is 10.5 Å². The minimum Gasteiger partial charge on any atom is -0.487 e. The molecule has 1 heterocycles. The van der Waals surface area contributed by atoms with Crippen molar-refractivity contribution in [1.29, 1.82) is 0 Å². The summed E-state index contributed by atoms with van der Waals surface area (Å²) in [5, 5.41) is 0. The van der Waals surface area contributed by atoms with E-state index < -0.39 is 0 Å². The summed E-state index contributed by atoms with van der Waals surface area (Å²) >= 11 is 0. The molecule has 0 saturated heterocycles. The summed E-state index contributed by atoms with van der Waals surface area (Å²) in [6.45, 7) is 6.23. The molecule has 0 saturated carbocycles. The van der Waals surface area contributed by atoms with Gasteiger partial charge >= 0.3 is 0 Å². The third-order valence-corrected chi connectivity index (χ3v) is 2.66. The molecule has 0 radical (unpaired) electrons. The molecule has 1 aromatic carbocycles. The Kier molecular flexibility index (Phi) is 3.31. The molecule has 0 spiro atoms. The molecule has 0 aliphatic carbocycles. The Morgan fingerprint density at radius 1 is 1.40 bits per heavy atom. The van der Waals surface area contributed by atoms with Crippen LogP contribution in [0.4, 0.5) is 0 Å². The van der Waals surface area contributed by atoms with Crippen molar-refractivity contribution >= 4 is 12.4 Å². The van der Waals surface area contributed by atoms with Gasteiger partial charge in [-0.3, -0.25) is 0 Å². The van der Waals surface area contributed by atoms with Crippen molar-refractivity contribution in [2.75, 3.05) is 0 Å². The first-order valence-electron chi connectivity index (χ1n) is 5.03. The van der Waals surface area contributed by atoms with E-state index in [1.807, 2.05) is 6.07 Å². The third-order valence-electron chi connectivity index (χ3n) is 2.66. The molecule has 1 atom stereocenters. The van der Waals surface area contributed by atoms with Crippen LogP contribution in [-0.2, 0) is 0 Å². The summed E-state index contributed by atoms with van der Waals surface area (Å²) in [6.07, 6.45) is 0.878. The van der Waals surface area contributed by atoms with Crippen molar-refractivity contribution < 1.29 is 4.74 Å². The van der Waals surface area contributed by atoms with Gasteiger partial charge in [0.05, 0.1) is 0 Å². The molecular formula is C12H18ClNO. The molecule has 2 N–H and O–H groups in total. The van der Waals surface area contributed by atoms with Gasteiger partial charge in [-0.1, -0.05) is 17.7 Å². The van der Waals surface area contributed by atoms with E-state index in [9.17, 15) is 0 Å². The number of rotatable bonds is 0. The summed E-state index contributed by atoms with van der Waals surface area (Å²) in [5.74, 6) is 0.944. The maximum Gasteiger partial charge on any atom is 0.124 e. The van der Waals surface area contributed by atoms with Gasteiger partial charge in [-0.2, -0.15) is 0 Å². The number of ether oxygens (including phenoxy) is 1. The van der Waals surface area contributed by atoms with E-state index >= 15 is 0 Å². The van der Waals surface area contributed by atoms with Gasteiger partial charge in [-0.25, -0.2) is 0 Å². The lowest BCUT2D eigenvalue weighted by Crippen LogP contribution is -2.37. The van der Waals surface area contributed by atoms with E-state index in [-0.39, 0.29) is 24.0 Å². The van der Waals surface area contributed by atoms with Gasteiger partial charge in [-0.15, -0.1) is 12.4 Å². The van der Waals surface area contributed by atoms with Gasteiger partial charge in [0, 0.05) is 18.0 Å². The van der Waals surface area contributed by atoms with E-state index in [1.54, 1.807) is 0 Å². The average Bonchev–Trinajstić information content (AvgIpc) is 2.05. The van der Waals surface area contributed by atoms with E-state index in [1.165, 1.54) is 5.56 Å². The number of hydrogen-bond donors (Lipinski definition) is 1. The van der Waals surface area contributed by atoms with Crippen LogP contribution >= 0.6 is 12.4 Å². The van der Waals surface area contributed by atoms with E-state index in [2.05, 4.69) is 32.9 Å². The average molecular weight is 228 g/mol. The van der Waals surface area contributed by atoms with Crippen LogP contribution < -0.4 is 10.5 Å². The van der Waals surface area contributed by atoms with Gasteiger partial charge in [-0.05, 0) is 26.8 Å². The molecule has 1 aromatic rings. The Labute approximate surface area is 97.2 Å². The molecule has 1 aliphatic rings. The van der Waals surface area contributed by atoms with E-state index in [0.717, 1.165) is 17.7 Å². The van der Waals surface area contributed by atoms with Gasteiger partial charge in [0.25, 0.3) is 0 Å². The maximum atomic E-state index is 6.11. The maximum absolute atomic E-state index is 6.11. The number of hydrogen-bond acceptors (Lipinski definition) is 2. The molecule has 1 aliphatic heterocycles. The molecule has 0 amide bonds. The minimum atomic E-state index is -0.137. The van der Waals surface area contributed by atoms with Crippen LogP contribution in [0.25, 0.3) is 0 Å². The summed E-state index contributed by atoms with van der Waals surface area (Å²) in [4.78, 5) is 0. The van der Waals surface area contributed by atoms with Gasteiger partial charge in [0.2, 0.25) is 0 Å². The number of nitrogens with two attached hydrogens (primary N) is 1. The second-order valence-corrected chi connectivity index (χ2v) is 4.71. The Morgan fingerprint density at radius 2 is 2.07 bits per heavy atom. The Morgan fingerprint density at radius 3 is 2.73 bits per heavy atom. The van der Waals surface area contributed by atoms with Crippen LogP contribution in [0.5, 0.6) is 5.75 Å². The van der Waals surface area contributed by atoms with E-state index in [4.69, 9.17) is 10.5 Å². The number of fused-ring (bicyclic) bond motifs is 1. The highest BCUT2D eigenvalue weighted by Crippen LogP contribution is 2.38. The van der Waals surface area contributed by atoms with Crippen LogP contribution in [-0.4, -0.2) is 5.60 Å². The first kappa shape index (κ1) is 12.3. The number of aryl methyl sites for hydroxylation is 1. The Bertz CT molecular complexity index is 363. The Balaban J connectivity index is 0.00000112. The first-order chi connectivity index (χ1) is 6.48. The quantitative estimate of drug-likeness (QED) is 0.740. The van der Waals surface area contributed by atoms with Crippen LogP contribution in [0, 0.1) is 6.92 Å². The molecule has 3 heteroatoms. The molecular weight excluding hydrogens is 210 g/mol. The van der Waals surface area contributed by atoms with Crippen molar-refractivity contribution in [3.63, 3.8) is 0 Å². The van der Waals surface area contributed by atoms with Crippen LogP contribution in [0.2, 0.25) is 0 Å². The molecule has 1 unspecified atom stereocenters. The van der Waals surface area contributed by atoms with Crippen molar-refractivity contribution in [1.82, 2.24) is 0 Å². The largest absolute Gasteiger partial charge is 0.487 e. The highest BCUT2D eigenvalue weighted by atomic mass is 35.5. The number of benzene rings is 1. The van der Waals surface area contributed by atoms with Gasteiger partial charge in [0.1, 0.15) is 11.4 Å². The zero-order valence-electron chi connectivity index (χ0n) is 9.41. The molecule has 0 bridgehead atoms. The molecule has 0 fully saturated rings. The molecule has 15 heavy (non-hydrogen) atoms.